The average Bonchev–Trinajstić information content (AvgIpc) is 2.41. The Bertz CT molecular complexity index is 550. The smallest absolute Gasteiger partial charge is 0.306 e. The molecule has 0 saturated carbocycles. The number of rotatable bonds is 3. The molecule has 19 heavy (non-hydrogen) atoms. The molecule has 1 heterocycles. The molecule has 6 nitrogen and oxygen atoms in total. The molecule has 98 valence electrons. The molecule has 1 N–H and O–H groups in total. The summed E-state index contributed by atoms with van der Waals surface area (Å²) in [7, 11) is 0. The minimum absolute atomic E-state index is 0.253. The summed E-state index contributed by atoms with van der Waals surface area (Å²) >= 11 is 0. The van der Waals surface area contributed by atoms with E-state index in [1.54, 1.807) is 24.3 Å². The lowest BCUT2D eigenvalue weighted by Gasteiger charge is -2.32. The zero-order valence-electron chi connectivity index (χ0n) is 10.1. The van der Waals surface area contributed by atoms with Gasteiger partial charge in [0.15, 0.2) is 0 Å². The van der Waals surface area contributed by atoms with Crippen LogP contribution in [-0.4, -0.2) is 36.2 Å². The highest BCUT2D eigenvalue weighted by molar-refractivity contribution is 5.99. The Kier molecular flexibility index (Phi) is 3.78. The van der Waals surface area contributed by atoms with Gasteiger partial charge in [0, 0.05) is 6.54 Å². The van der Waals surface area contributed by atoms with Gasteiger partial charge in [-0.15, -0.1) is 0 Å². The van der Waals surface area contributed by atoms with Gasteiger partial charge in [-0.05, 0) is 12.1 Å². The maximum absolute atomic E-state index is 12.2. The zero-order chi connectivity index (χ0) is 13.8. The standard InChI is InChI=1S/C13H12N2O4/c14-8-9-3-1-2-4-10(9)15-5-6-19-11(13(15)18)7-12(16)17/h1-4,11H,5-7H2,(H,16,17). The number of morpholine rings is 1. The van der Waals surface area contributed by atoms with Crippen LogP contribution in [0.5, 0.6) is 0 Å². The van der Waals surface area contributed by atoms with Crippen LogP contribution in [0.2, 0.25) is 0 Å². The van der Waals surface area contributed by atoms with Crippen LogP contribution in [0.1, 0.15) is 12.0 Å². The van der Waals surface area contributed by atoms with Crippen molar-refractivity contribution in [2.24, 2.45) is 0 Å². The number of ether oxygens (including phenoxy) is 1. The molecule has 1 aromatic rings. The highest BCUT2D eigenvalue weighted by Gasteiger charge is 2.33. The van der Waals surface area contributed by atoms with Crippen molar-refractivity contribution in [2.45, 2.75) is 12.5 Å². The van der Waals surface area contributed by atoms with Gasteiger partial charge in [-0.2, -0.15) is 5.26 Å². The number of amides is 1. The number of hydrogen-bond acceptors (Lipinski definition) is 4. The van der Waals surface area contributed by atoms with E-state index in [2.05, 4.69) is 0 Å². The lowest BCUT2D eigenvalue weighted by Crippen LogP contribution is -2.48. The third kappa shape index (κ3) is 2.72. The highest BCUT2D eigenvalue weighted by Crippen LogP contribution is 2.23. The summed E-state index contributed by atoms with van der Waals surface area (Å²) in [5.74, 6) is -1.51. The van der Waals surface area contributed by atoms with E-state index in [1.807, 2.05) is 6.07 Å². The molecular formula is C13H12N2O4. The quantitative estimate of drug-likeness (QED) is 0.866. The summed E-state index contributed by atoms with van der Waals surface area (Å²) < 4.78 is 5.17. The molecule has 1 atom stereocenters. The third-order valence-electron chi connectivity index (χ3n) is 2.85. The van der Waals surface area contributed by atoms with Crippen molar-refractivity contribution < 1.29 is 19.4 Å². The van der Waals surface area contributed by atoms with Crippen LogP contribution in [0.25, 0.3) is 0 Å². The number of hydrogen-bond donors (Lipinski definition) is 1. The molecule has 2 rings (SSSR count). The van der Waals surface area contributed by atoms with Gasteiger partial charge >= 0.3 is 5.97 Å². The van der Waals surface area contributed by atoms with Crippen molar-refractivity contribution >= 4 is 17.6 Å². The van der Waals surface area contributed by atoms with Crippen LogP contribution >= 0.6 is 0 Å². The van der Waals surface area contributed by atoms with Gasteiger partial charge in [0.1, 0.15) is 12.2 Å². The van der Waals surface area contributed by atoms with E-state index in [0.717, 1.165) is 0 Å². The lowest BCUT2D eigenvalue weighted by atomic mass is 10.1. The van der Waals surface area contributed by atoms with Crippen molar-refractivity contribution in [3.05, 3.63) is 29.8 Å². The predicted molar refractivity (Wildman–Crippen MR) is 65.5 cm³/mol. The largest absolute Gasteiger partial charge is 0.481 e. The van der Waals surface area contributed by atoms with Gasteiger partial charge in [0.25, 0.3) is 5.91 Å². The molecule has 0 aliphatic carbocycles. The molecule has 0 spiro atoms. The second kappa shape index (κ2) is 5.50. The van der Waals surface area contributed by atoms with E-state index < -0.39 is 18.0 Å². The number of nitriles is 1. The van der Waals surface area contributed by atoms with E-state index in [-0.39, 0.29) is 13.0 Å². The number of para-hydroxylation sites is 1. The van der Waals surface area contributed by atoms with Gasteiger partial charge in [-0.25, -0.2) is 0 Å². The van der Waals surface area contributed by atoms with Gasteiger partial charge in [-0.3, -0.25) is 9.59 Å². The topological polar surface area (TPSA) is 90.6 Å². The number of aliphatic carboxylic acids is 1. The first-order valence-electron chi connectivity index (χ1n) is 5.77. The van der Waals surface area contributed by atoms with Crippen LogP contribution < -0.4 is 4.90 Å². The van der Waals surface area contributed by atoms with Crippen LogP contribution in [0, 0.1) is 11.3 Å². The molecule has 0 radical (unpaired) electrons. The minimum Gasteiger partial charge on any atom is -0.481 e. The molecule has 0 aromatic heterocycles. The van der Waals surface area contributed by atoms with Crippen molar-refractivity contribution in [1.29, 1.82) is 5.26 Å². The molecule has 6 heteroatoms. The van der Waals surface area contributed by atoms with Crippen LogP contribution in [0.15, 0.2) is 24.3 Å². The summed E-state index contributed by atoms with van der Waals surface area (Å²) in [6.07, 6.45) is -1.36. The first-order chi connectivity index (χ1) is 9.13. The minimum atomic E-state index is -1.09. The first-order valence-corrected chi connectivity index (χ1v) is 5.77. The van der Waals surface area contributed by atoms with E-state index >= 15 is 0 Å². The third-order valence-corrected chi connectivity index (χ3v) is 2.85. The Labute approximate surface area is 109 Å². The molecule has 1 unspecified atom stereocenters. The molecule has 1 aliphatic rings. The molecule has 1 amide bonds. The highest BCUT2D eigenvalue weighted by atomic mass is 16.5. The van der Waals surface area contributed by atoms with Gasteiger partial charge in [0.2, 0.25) is 0 Å². The Morgan fingerprint density at radius 1 is 1.53 bits per heavy atom. The Hall–Kier alpha value is -2.39. The molecule has 1 aliphatic heterocycles. The number of nitrogens with zero attached hydrogens (tertiary/aromatic N) is 2. The molecular weight excluding hydrogens is 248 g/mol. The summed E-state index contributed by atoms with van der Waals surface area (Å²) in [6, 6.07) is 8.74. The van der Waals surface area contributed by atoms with E-state index in [1.165, 1.54) is 4.90 Å². The zero-order valence-corrected chi connectivity index (χ0v) is 10.1. The summed E-state index contributed by atoms with van der Waals surface area (Å²) in [5.41, 5.74) is 0.875. The Morgan fingerprint density at radius 2 is 2.26 bits per heavy atom. The first kappa shape index (κ1) is 13.1. The van der Waals surface area contributed by atoms with Gasteiger partial charge < -0.3 is 14.7 Å². The SMILES string of the molecule is N#Cc1ccccc1N1CCOC(CC(=O)O)C1=O. The van der Waals surface area contributed by atoms with Gasteiger partial charge in [-0.1, -0.05) is 12.1 Å². The number of carbonyl (C=O) groups excluding carboxylic acids is 1. The van der Waals surface area contributed by atoms with E-state index in [4.69, 9.17) is 15.1 Å². The number of carboxylic acid groups (broad SMARTS) is 1. The fraction of sp³-hybridized carbons (Fsp3) is 0.308. The number of benzene rings is 1. The van der Waals surface area contributed by atoms with Crippen LogP contribution in [0.3, 0.4) is 0 Å². The summed E-state index contributed by atoms with van der Waals surface area (Å²) in [4.78, 5) is 24.2. The molecule has 1 saturated heterocycles. The molecule has 1 fully saturated rings. The summed E-state index contributed by atoms with van der Waals surface area (Å²) in [5, 5.41) is 17.8. The van der Waals surface area contributed by atoms with Crippen molar-refractivity contribution in [3.8, 4) is 6.07 Å². The second-order valence-corrected chi connectivity index (χ2v) is 4.08. The summed E-state index contributed by atoms with van der Waals surface area (Å²) in [6.45, 7) is 0.567. The number of anilines is 1. The van der Waals surface area contributed by atoms with E-state index in [9.17, 15) is 9.59 Å². The Balaban J connectivity index is 2.27. The Morgan fingerprint density at radius 3 is 2.95 bits per heavy atom. The van der Waals surface area contributed by atoms with Crippen LogP contribution in [-0.2, 0) is 14.3 Å². The second-order valence-electron chi connectivity index (χ2n) is 4.08. The number of carboxylic acids is 1. The average molecular weight is 260 g/mol. The molecule has 0 bridgehead atoms. The monoisotopic (exact) mass is 260 g/mol. The number of carbonyl (C=O) groups is 2. The predicted octanol–water partition coefficient (Wildman–Crippen LogP) is 0.765. The van der Waals surface area contributed by atoms with Crippen molar-refractivity contribution in [1.82, 2.24) is 0 Å². The fourth-order valence-electron chi connectivity index (χ4n) is 1.99. The molecule has 1 aromatic carbocycles. The van der Waals surface area contributed by atoms with Crippen LogP contribution in [0.4, 0.5) is 5.69 Å². The van der Waals surface area contributed by atoms with E-state index in [0.29, 0.717) is 17.8 Å². The fourth-order valence-corrected chi connectivity index (χ4v) is 1.99. The maximum Gasteiger partial charge on any atom is 0.306 e. The normalized spacial score (nSPS) is 19.0. The van der Waals surface area contributed by atoms with Crippen molar-refractivity contribution in [2.75, 3.05) is 18.1 Å². The van der Waals surface area contributed by atoms with Crippen molar-refractivity contribution in [3.63, 3.8) is 0 Å². The van der Waals surface area contributed by atoms with Gasteiger partial charge in [0.05, 0.1) is 24.3 Å². The lowest BCUT2D eigenvalue weighted by molar-refractivity contribution is -0.147. The maximum atomic E-state index is 12.2.